The normalized spacial score (nSPS) is 10.7. The lowest BCUT2D eigenvalue weighted by Gasteiger charge is -1.98. The summed E-state index contributed by atoms with van der Waals surface area (Å²) in [7, 11) is 0. The maximum absolute atomic E-state index is 12.0. The first-order chi connectivity index (χ1) is 8.72. The number of hydrogen-bond acceptors (Lipinski definition) is 2. The van der Waals surface area contributed by atoms with Gasteiger partial charge in [-0.1, -0.05) is 11.6 Å². The first kappa shape index (κ1) is 10.6. The molecule has 90 valence electrons. The van der Waals surface area contributed by atoms with E-state index in [1.165, 1.54) is 5.56 Å². The number of hydrogen-bond donors (Lipinski definition) is 3. The number of benzene rings is 1. The molecule has 3 N–H and O–H groups in total. The highest BCUT2D eigenvalue weighted by molar-refractivity contribution is 6.05. The molecule has 1 aromatic carbocycles. The second kappa shape index (κ2) is 4.03. The SMILES string of the molecule is Cc1ccc2[nH]c(C(=O)Nc3cn[nH]c3)cc2c1. The fourth-order valence-electron chi connectivity index (χ4n) is 1.89. The van der Waals surface area contributed by atoms with Crippen LogP contribution in [0.15, 0.2) is 36.7 Å². The summed E-state index contributed by atoms with van der Waals surface area (Å²) in [5.41, 5.74) is 3.31. The molecule has 5 heteroatoms. The molecule has 2 heterocycles. The number of H-pyrrole nitrogens is 2. The van der Waals surface area contributed by atoms with Gasteiger partial charge in [-0.15, -0.1) is 0 Å². The monoisotopic (exact) mass is 240 g/mol. The summed E-state index contributed by atoms with van der Waals surface area (Å²) in [4.78, 5) is 15.1. The van der Waals surface area contributed by atoms with E-state index in [9.17, 15) is 4.79 Å². The van der Waals surface area contributed by atoms with Gasteiger partial charge in [-0.25, -0.2) is 0 Å². The van der Waals surface area contributed by atoms with Gasteiger partial charge in [0.25, 0.3) is 5.91 Å². The average molecular weight is 240 g/mol. The first-order valence-corrected chi connectivity index (χ1v) is 5.62. The van der Waals surface area contributed by atoms with E-state index in [0.29, 0.717) is 11.4 Å². The van der Waals surface area contributed by atoms with Crippen molar-refractivity contribution in [1.29, 1.82) is 0 Å². The minimum atomic E-state index is -0.176. The van der Waals surface area contributed by atoms with Crippen molar-refractivity contribution in [2.45, 2.75) is 6.92 Å². The molecule has 0 spiro atoms. The third-order valence-corrected chi connectivity index (χ3v) is 2.78. The Balaban J connectivity index is 1.92. The standard InChI is InChI=1S/C13H12N4O/c1-8-2-3-11-9(4-8)5-12(17-11)13(18)16-10-6-14-15-7-10/h2-7,17H,1H3,(H,14,15)(H,16,18). The van der Waals surface area contributed by atoms with E-state index in [4.69, 9.17) is 0 Å². The molecule has 0 atom stereocenters. The van der Waals surface area contributed by atoms with Crippen LogP contribution in [-0.2, 0) is 0 Å². The second-order valence-electron chi connectivity index (χ2n) is 4.21. The fourth-order valence-corrected chi connectivity index (χ4v) is 1.89. The van der Waals surface area contributed by atoms with Crippen LogP contribution >= 0.6 is 0 Å². The number of aromatic amines is 2. The predicted molar refractivity (Wildman–Crippen MR) is 69.6 cm³/mol. The van der Waals surface area contributed by atoms with Crippen LogP contribution in [0, 0.1) is 6.92 Å². The van der Waals surface area contributed by atoms with Crippen molar-refractivity contribution < 1.29 is 4.79 Å². The van der Waals surface area contributed by atoms with Crippen molar-refractivity contribution in [3.8, 4) is 0 Å². The molecule has 0 aliphatic rings. The molecule has 0 unspecified atom stereocenters. The molecular formula is C13H12N4O. The lowest BCUT2D eigenvalue weighted by Crippen LogP contribution is -2.11. The third kappa shape index (κ3) is 1.86. The zero-order valence-electron chi connectivity index (χ0n) is 9.82. The Labute approximate surface area is 103 Å². The molecule has 0 aliphatic carbocycles. The number of rotatable bonds is 2. The zero-order chi connectivity index (χ0) is 12.5. The van der Waals surface area contributed by atoms with Crippen LogP contribution in [0.2, 0.25) is 0 Å². The molecule has 3 aromatic rings. The van der Waals surface area contributed by atoms with Gasteiger partial charge in [0.05, 0.1) is 11.9 Å². The van der Waals surface area contributed by atoms with Crippen LogP contribution in [0.3, 0.4) is 0 Å². The number of carbonyl (C=O) groups is 1. The molecule has 3 rings (SSSR count). The minimum Gasteiger partial charge on any atom is -0.351 e. The van der Waals surface area contributed by atoms with Crippen LogP contribution in [0.5, 0.6) is 0 Å². The molecular weight excluding hydrogens is 228 g/mol. The lowest BCUT2D eigenvalue weighted by atomic mass is 10.2. The largest absolute Gasteiger partial charge is 0.351 e. The number of nitrogens with one attached hydrogen (secondary N) is 3. The van der Waals surface area contributed by atoms with Gasteiger partial charge in [0.2, 0.25) is 0 Å². The maximum atomic E-state index is 12.0. The van der Waals surface area contributed by atoms with Crippen molar-refractivity contribution in [2.75, 3.05) is 5.32 Å². The van der Waals surface area contributed by atoms with Crippen LogP contribution in [0.25, 0.3) is 10.9 Å². The summed E-state index contributed by atoms with van der Waals surface area (Å²) in [6.07, 6.45) is 3.19. The minimum absolute atomic E-state index is 0.176. The fraction of sp³-hybridized carbons (Fsp3) is 0.0769. The molecule has 0 saturated carbocycles. The van der Waals surface area contributed by atoms with Crippen LogP contribution in [0.1, 0.15) is 16.1 Å². The molecule has 0 bridgehead atoms. The summed E-state index contributed by atoms with van der Waals surface area (Å²) in [6, 6.07) is 7.87. The summed E-state index contributed by atoms with van der Waals surface area (Å²) in [6.45, 7) is 2.03. The molecule has 5 nitrogen and oxygen atoms in total. The van der Waals surface area contributed by atoms with Crippen LogP contribution in [-0.4, -0.2) is 21.1 Å². The highest BCUT2D eigenvalue weighted by atomic mass is 16.1. The maximum Gasteiger partial charge on any atom is 0.272 e. The molecule has 0 aliphatic heterocycles. The van der Waals surface area contributed by atoms with Gasteiger partial charge in [0, 0.05) is 17.1 Å². The highest BCUT2D eigenvalue weighted by Gasteiger charge is 2.10. The van der Waals surface area contributed by atoms with Gasteiger partial charge in [0.15, 0.2) is 0 Å². The van der Waals surface area contributed by atoms with E-state index in [2.05, 4.69) is 20.5 Å². The lowest BCUT2D eigenvalue weighted by molar-refractivity contribution is 0.102. The van der Waals surface area contributed by atoms with Crippen LogP contribution < -0.4 is 5.32 Å². The Morgan fingerprint density at radius 3 is 3.00 bits per heavy atom. The van der Waals surface area contributed by atoms with Crippen LogP contribution in [0.4, 0.5) is 5.69 Å². The van der Waals surface area contributed by atoms with Gasteiger partial charge in [-0.3, -0.25) is 9.89 Å². The first-order valence-electron chi connectivity index (χ1n) is 5.62. The van der Waals surface area contributed by atoms with E-state index in [1.54, 1.807) is 12.4 Å². The van der Waals surface area contributed by atoms with Crippen molar-refractivity contribution in [1.82, 2.24) is 15.2 Å². The van der Waals surface area contributed by atoms with Crippen molar-refractivity contribution in [3.63, 3.8) is 0 Å². The van der Waals surface area contributed by atoms with Gasteiger partial charge in [-0.2, -0.15) is 5.10 Å². The Morgan fingerprint density at radius 1 is 1.33 bits per heavy atom. The number of aryl methyl sites for hydroxylation is 1. The van der Waals surface area contributed by atoms with Gasteiger partial charge in [0.1, 0.15) is 5.69 Å². The molecule has 1 amide bonds. The molecule has 0 saturated heterocycles. The van der Waals surface area contributed by atoms with Gasteiger partial charge in [-0.05, 0) is 25.1 Å². The third-order valence-electron chi connectivity index (χ3n) is 2.78. The molecule has 0 fully saturated rings. The number of amides is 1. The Bertz CT molecular complexity index is 697. The van der Waals surface area contributed by atoms with E-state index >= 15 is 0 Å². The predicted octanol–water partition coefficient (Wildman–Crippen LogP) is 2.45. The van der Waals surface area contributed by atoms with E-state index < -0.39 is 0 Å². The molecule has 0 radical (unpaired) electrons. The van der Waals surface area contributed by atoms with Gasteiger partial charge >= 0.3 is 0 Å². The topological polar surface area (TPSA) is 73.6 Å². The average Bonchev–Trinajstić information content (AvgIpc) is 2.96. The summed E-state index contributed by atoms with van der Waals surface area (Å²) < 4.78 is 0. The van der Waals surface area contributed by atoms with E-state index in [0.717, 1.165) is 10.9 Å². The number of anilines is 1. The number of fused-ring (bicyclic) bond motifs is 1. The summed E-state index contributed by atoms with van der Waals surface area (Å²) in [5.74, 6) is -0.176. The Hall–Kier alpha value is -2.56. The number of carbonyl (C=O) groups excluding carboxylic acids is 1. The molecule has 18 heavy (non-hydrogen) atoms. The second-order valence-corrected chi connectivity index (χ2v) is 4.21. The number of aromatic nitrogens is 3. The van der Waals surface area contributed by atoms with Crippen molar-refractivity contribution in [2.24, 2.45) is 0 Å². The number of nitrogens with zero attached hydrogens (tertiary/aromatic N) is 1. The molecule has 2 aromatic heterocycles. The summed E-state index contributed by atoms with van der Waals surface area (Å²) in [5, 5.41) is 10.2. The van der Waals surface area contributed by atoms with E-state index in [1.807, 2.05) is 31.2 Å². The highest BCUT2D eigenvalue weighted by Crippen LogP contribution is 2.17. The zero-order valence-corrected chi connectivity index (χ0v) is 9.82. The smallest absolute Gasteiger partial charge is 0.272 e. The Kier molecular flexibility index (Phi) is 2.37. The van der Waals surface area contributed by atoms with Gasteiger partial charge < -0.3 is 10.3 Å². The Morgan fingerprint density at radius 2 is 2.22 bits per heavy atom. The quantitative estimate of drug-likeness (QED) is 0.643. The summed E-state index contributed by atoms with van der Waals surface area (Å²) >= 11 is 0. The van der Waals surface area contributed by atoms with E-state index in [-0.39, 0.29) is 5.91 Å². The van der Waals surface area contributed by atoms with Crippen molar-refractivity contribution in [3.05, 3.63) is 47.9 Å². The van der Waals surface area contributed by atoms with Crippen molar-refractivity contribution >= 4 is 22.5 Å².